The van der Waals surface area contributed by atoms with E-state index in [4.69, 9.17) is 0 Å². The molecule has 0 spiro atoms. The van der Waals surface area contributed by atoms with Gasteiger partial charge in [0.1, 0.15) is 0 Å². The Kier molecular flexibility index (Phi) is 5.03. The van der Waals surface area contributed by atoms with Gasteiger partial charge in [-0.2, -0.15) is 0 Å². The molecular formula is C13H21BrN2S. The van der Waals surface area contributed by atoms with Crippen LogP contribution in [0.3, 0.4) is 0 Å². The summed E-state index contributed by atoms with van der Waals surface area (Å²) in [5, 5.41) is 3.67. The van der Waals surface area contributed by atoms with E-state index >= 15 is 0 Å². The summed E-state index contributed by atoms with van der Waals surface area (Å²) in [7, 11) is 2.23. The van der Waals surface area contributed by atoms with Crippen LogP contribution in [-0.2, 0) is 0 Å². The van der Waals surface area contributed by atoms with Crippen molar-refractivity contribution in [2.45, 2.75) is 25.8 Å². The number of rotatable bonds is 4. The van der Waals surface area contributed by atoms with Crippen LogP contribution in [0.5, 0.6) is 0 Å². The van der Waals surface area contributed by atoms with Crippen molar-refractivity contribution < 1.29 is 0 Å². The van der Waals surface area contributed by atoms with Gasteiger partial charge in [0.2, 0.25) is 0 Å². The molecule has 1 aromatic heterocycles. The Bertz CT molecular complexity index is 353. The first-order chi connectivity index (χ1) is 8.15. The number of piperidine rings is 1. The summed E-state index contributed by atoms with van der Waals surface area (Å²) in [5.74, 6) is 0.819. The van der Waals surface area contributed by atoms with Gasteiger partial charge < -0.3 is 10.2 Å². The zero-order valence-corrected chi connectivity index (χ0v) is 13.0. The van der Waals surface area contributed by atoms with Crippen molar-refractivity contribution in [3.8, 4) is 0 Å². The Labute approximate surface area is 117 Å². The second-order valence-corrected chi connectivity index (χ2v) is 7.54. The summed E-state index contributed by atoms with van der Waals surface area (Å²) in [6.45, 7) is 5.91. The molecule has 2 nitrogen and oxygen atoms in total. The Balaban J connectivity index is 1.77. The van der Waals surface area contributed by atoms with Gasteiger partial charge in [-0.05, 0) is 73.9 Å². The molecule has 0 aromatic carbocycles. The molecule has 2 unspecified atom stereocenters. The van der Waals surface area contributed by atoms with Crippen LogP contribution in [0.25, 0.3) is 0 Å². The first-order valence-electron chi connectivity index (χ1n) is 6.32. The van der Waals surface area contributed by atoms with Crippen molar-refractivity contribution in [1.29, 1.82) is 0 Å². The molecule has 2 atom stereocenters. The van der Waals surface area contributed by atoms with Crippen LogP contribution in [0.4, 0.5) is 0 Å². The van der Waals surface area contributed by atoms with E-state index in [0.29, 0.717) is 6.04 Å². The molecule has 96 valence electrons. The summed E-state index contributed by atoms with van der Waals surface area (Å²) in [4.78, 5) is 3.86. The molecule has 0 bridgehead atoms. The summed E-state index contributed by atoms with van der Waals surface area (Å²) in [6, 6.07) is 4.81. The first kappa shape index (κ1) is 13.5. The highest BCUT2D eigenvalue weighted by molar-refractivity contribution is 9.11. The molecule has 1 saturated heterocycles. The average molecular weight is 317 g/mol. The Morgan fingerprint density at radius 3 is 3.06 bits per heavy atom. The predicted octanol–water partition coefficient (Wildman–Crippen LogP) is 3.50. The minimum Gasteiger partial charge on any atom is -0.309 e. The monoisotopic (exact) mass is 316 g/mol. The molecule has 1 aromatic rings. The van der Waals surface area contributed by atoms with Crippen molar-refractivity contribution in [2.75, 3.05) is 26.7 Å². The Hall–Kier alpha value is 0.1000. The lowest BCUT2D eigenvalue weighted by molar-refractivity contribution is 0.203. The molecule has 2 rings (SSSR count). The highest BCUT2D eigenvalue weighted by atomic mass is 79.9. The van der Waals surface area contributed by atoms with Gasteiger partial charge >= 0.3 is 0 Å². The molecule has 1 N–H and O–H groups in total. The number of halogens is 1. The summed E-state index contributed by atoms with van der Waals surface area (Å²) in [5.41, 5.74) is 0. The molecule has 0 aliphatic carbocycles. The fourth-order valence-electron chi connectivity index (χ4n) is 2.44. The molecule has 1 aliphatic heterocycles. The van der Waals surface area contributed by atoms with Crippen LogP contribution in [0.15, 0.2) is 15.9 Å². The van der Waals surface area contributed by atoms with Crippen LogP contribution < -0.4 is 5.32 Å². The summed E-state index contributed by atoms with van der Waals surface area (Å²) in [6.07, 6.45) is 2.72. The number of likely N-dealkylation sites (tertiary alicyclic amines) is 1. The molecule has 17 heavy (non-hydrogen) atoms. The third kappa shape index (κ3) is 4.05. The second-order valence-electron chi connectivity index (χ2n) is 5.04. The van der Waals surface area contributed by atoms with E-state index in [-0.39, 0.29) is 0 Å². The molecule has 0 saturated carbocycles. The van der Waals surface area contributed by atoms with Gasteiger partial charge in [-0.25, -0.2) is 0 Å². The number of nitrogens with zero attached hydrogens (tertiary/aromatic N) is 1. The van der Waals surface area contributed by atoms with Crippen LogP contribution >= 0.6 is 27.3 Å². The molecule has 0 radical (unpaired) electrons. The minimum absolute atomic E-state index is 0.471. The third-order valence-corrected chi connectivity index (χ3v) is 5.26. The normalized spacial score (nSPS) is 23.8. The van der Waals surface area contributed by atoms with Crippen molar-refractivity contribution in [2.24, 2.45) is 5.92 Å². The van der Waals surface area contributed by atoms with Gasteiger partial charge in [-0.1, -0.05) is 0 Å². The SMILES string of the molecule is CC(NCC1CCCN(C)C1)c1ccc(Br)s1. The predicted molar refractivity (Wildman–Crippen MR) is 78.7 cm³/mol. The van der Waals surface area contributed by atoms with Gasteiger partial charge in [0.05, 0.1) is 3.79 Å². The Morgan fingerprint density at radius 2 is 2.41 bits per heavy atom. The second kappa shape index (κ2) is 6.32. The van der Waals surface area contributed by atoms with Crippen LogP contribution in [0.1, 0.15) is 30.7 Å². The van der Waals surface area contributed by atoms with E-state index in [1.165, 1.54) is 34.6 Å². The highest BCUT2D eigenvalue weighted by Gasteiger charge is 2.18. The van der Waals surface area contributed by atoms with Crippen LogP contribution in [0.2, 0.25) is 0 Å². The van der Waals surface area contributed by atoms with Gasteiger partial charge in [0.15, 0.2) is 0 Å². The zero-order chi connectivity index (χ0) is 12.3. The number of hydrogen-bond donors (Lipinski definition) is 1. The maximum atomic E-state index is 3.67. The molecule has 4 heteroatoms. The summed E-state index contributed by atoms with van der Waals surface area (Å²) >= 11 is 5.35. The summed E-state index contributed by atoms with van der Waals surface area (Å²) < 4.78 is 1.22. The maximum absolute atomic E-state index is 3.67. The van der Waals surface area contributed by atoms with E-state index in [0.717, 1.165) is 12.5 Å². The van der Waals surface area contributed by atoms with E-state index in [1.54, 1.807) is 0 Å². The van der Waals surface area contributed by atoms with Crippen LogP contribution in [0, 0.1) is 5.92 Å². The van der Waals surface area contributed by atoms with Crippen molar-refractivity contribution in [3.05, 3.63) is 20.8 Å². The molecule has 0 amide bonds. The molecule has 1 fully saturated rings. The lowest BCUT2D eigenvalue weighted by atomic mass is 9.98. The standard InChI is InChI=1S/C13H21BrN2S/c1-10(12-5-6-13(14)17-12)15-8-11-4-3-7-16(2)9-11/h5-6,10-11,15H,3-4,7-9H2,1-2H3. The van der Waals surface area contributed by atoms with E-state index in [2.05, 4.69) is 52.3 Å². The largest absolute Gasteiger partial charge is 0.309 e. The van der Waals surface area contributed by atoms with E-state index in [1.807, 2.05) is 11.3 Å². The lowest BCUT2D eigenvalue weighted by Crippen LogP contribution is -2.37. The van der Waals surface area contributed by atoms with Gasteiger partial charge in [0, 0.05) is 17.5 Å². The van der Waals surface area contributed by atoms with Gasteiger partial charge in [-0.15, -0.1) is 11.3 Å². The number of thiophene rings is 1. The molecule has 1 aliphatic rings. The zero-order valence-electron chi connectivity index (χ0n) is 10.6. The first-order valence-corrected chi connectivity index (χ1v) is 7.93. The minimum atomic E-state index is 0.471. The van der Waals surface area contributed by atoms with E-state index in [9.17, 15) is 0 Å². The molecular weight excluding hydrogens is 296 g/mol. The van der Waals surface area contributed by atoms with Crippen molar-refractivity contribution in [3.63, 3.8) is 0 Å². The number of hydrogen-bond acceptors (Lipinski definition) is 3. The van der Waals surface area contributed by atoms with Crippen molar-refractivity contribution in [1.82, 2.24) is 10.2 Å². The van der Waals surface area contributed by atoms with Gasteiger partial charge in [0.25, 0.3) is 0 Å². The topological polar surface area (TPSA) is 15.3 Å². The quantitative estimate of drug-likeness (QED) is 0.914. The van der Waals surface area contributed by atoms with Gasteiger partial charge in [-0.3, -0.25) is 0 Å². The lowest BCUT2D eigenvalue weighted by Gasteiger charge is -2.30. The van der Waals surface area contributed by atoms with E-state index < -0.39 is 0 Å². The number of nitrogens with one attached hydrogen (secondary N) is 1. The van der Waals surface area contributed by atoms with Crippen molar-refractivity contribution >= 4 is 27.3 Å². The highest BCUT2D eigenvalue weighted by Crippen LogP contribution is 2.27. The Morgan fingerprint density at radius 1 is 1.59 bits per heavy atom. The smallest absolute Gasteiger partial charge is 0.0701 e. The fraction of sp³-hybridized carbons (Fsp3) is 0.692. The van der Waals surface area contributed by atoms with Crippen LogP contribution in [-0.4, -0.2) is 31.6 Å². The third-order valence-electron chi connectivity index (χ3n) is 3.46. The average Bonchev–Trinajstić information content (AvgIpc) is 2.73. The fourth-order valence-corrected chi connectivity index (χ4v) is 3.90. The molecule has 2 heterocycles. The maximum Gasteiger partial charge on any atom is 0.0701 e.